The third-order valence-corrected chi connectivity index (χ3v) is 4.55. The maximum atomic E-state index is 12.6. The number of fused-ring (bicyclic) bond motifs is 1. The fourth-order valence-corrected chi connectivity index (χ4v) is 3.12. The SMILES string of the molecule is CCCCNC(=O)c1nc(C(=O)NCc2ccncc2)n2c1CCCC2. The van der Waals surface area contributed by atoms with Crippen molar-refractivity contribution in [3.05, 3.63) is 47.3 Å². The summed E-state index contributed by atoms with van der Waals surface area (Å²) in [7, 11) is 0. The average Bonchev–Trinajstić information content (AvgIpc) is 3.07. The third-order valence-electron chi connectivity index (χ3n) is 4.55. The van der Waals surface area contributed by atoms with Gasteiger partial charge in [-0.05, 0) is 43.4 Å². The van der Waals surface area contributed by atoms with Crippen molar-refractivity contribution in [1.29, 1.82) is 0 Å². The third kappa shape index (κ3) is 4.09. The number of nitrogens with one attached hydrogen (secondary N) is 2. The minimum absolute atomic E-state index is 0.183. The van der Waals surface area contributed by atoms with E-state index in [1.165, 1.54) is 0 Å². The van der Waals surface area contributed by atoms with Crippen LogP contribution < -0.4 is 10.6 Å². The Morgan fingerprint density at radius 3 is 2.73 bits per heavy atom. The average molecular weight is 355 g/mol. The van der Waals surface area contributed by atoms with Crippen molar-refractivity contribution in [2.45, 2.75) is 52.1 Å². The van der Waals surface area contributed by atoms with Crippen LogP contribution in [0.4, 0.5) is 0 Å². The van der Waals surface area contributed by atoms with E-state index in [1.54, 1.807) is 12.4 Å². The molecule has 7 heteroatoms. The predicted molar refractivity (Wildman–Crippen MR) is 97.8 cm³/mol. The molecule has 0 saturated carbocycles. The van der Waals surface area contributed by atoms with Crippen LogP contribution in [0, 0.1) is 0 Å². The van der Waals surface area contributed by atoms with Crippen molar-refractivity contribution in [3.8, 4) is 0 Å². The van der Waals surface area contributed by atoms with Crippen molar-refractivity contribution in [3.63, 3.8) is 0 Å². The summed E-state index contributed by atoms with van der Waals surface area (Å²) in [5.74, 6) is -0.107. The Morgan fingerprint density at radius 2 is 1.96 bits per heavy atom. The highest BCUT2D eigenvalue weighted by molar-refractivity contribution is 5.97. The first kappa shape index (κ1) is 18.1. The molecule has 0 fully saturated rings. The number of amides is 2. The number of carbonyl (C=O) groups is 2. The van der Waals surface area contributed by atoms with Crippen molar-refractivity contribution >= 4 is 11.8 Å². The highest BCUT2D eigenvalue weighted by Crippen LogP contribution is 2.21. The summed E-state index contributed by atoms with van der Waals surface area (Å²) in [6.45, 7) is 3.84. The Kier molecular flexibility index (Phi) is 5.99. The number of unbranched alkanes of at least 4 members (excludes halogenated alkanes) is 1. The monoisotopic (exact) mass is 355 g/mol. The topological polar surface area (TPSA) is 88.9 Å². The van der Waals surface area contributed by atoms with Crippen molar-refractivity contribution < 1.29 is 9.59 Å². The van der Waals surface area contributed by atoms with Gasteiger partial charge in [-0.2, -0.15) is 0 Å². The number of pyridine rings is 1. The smallest absolute Gasteiger partial charge is 0.287 e. The lowest BCUT2D eigenvalue weighted by molar-refractivity contribution is 0.0935. The minimum atomic E-state index is -0.252. The summed E-state index contributed by atoms with van der Waals surface area (Å²) in [6, 6.07) is 3.71. The number of carbonyl (C=O) groups excluding carboxylic acids is 2. The normalized spacial score (nSPS) is 13.1. The van der Waals surface area contributed by atoms with E-state index in [-0.39, 0.29) is 11.8 Å². The molecule has 7 nitrogen and oxygen atoms in total. The van der Waals surface area contributed by atoms with E-state index >= 15 is 0 Å². The molecule has 0 aliphatic carbocycles. The summed E-state index contributed by atoms with van der Waals surface area (Å²) in [4.78, 5) is 33.5. The van der Waals surface area contributed by atoms with Crippen LogP contribution in [0.25, 0.3) is 0 Å². The number of hydrogen-bond acceptors (Lipinski definition) is 4. The number of nitrogens with zero attached hydrogens (tertiary/aromatic N) is 3. The van der Waals surface area contributed by atoms with E-state index in [9.17, 15) is 9.59 Å². The second-order valence-corrected chi connectivity index (χ2v) is 6.49. The molecule has 1 aliphatic heterocycles. The van der Waals surface area contributed by atoms with Crippen LogP contribution in [0.3, 0.4) is 0 Å². The first-order valence-electron chi connectivity index (χ1n) is 9.25. The van der Waals surface area contributed by atoms with Gasteiger partial charge in [0.2, 0.25) is 0 Å². The van der Waals surface area contributed by atoms with Gasteiger partial charge in [-0.3, -0.25) is 14.6 Å². The summed E-state index contributed by atoms with van der Waals surface area (Å²) >= 11 is 0. The molecule has 0 radical (unpaired) electrons. The zero-order valence-corrected chi connectivity index (χ0v) is 15.1. The van der Waals surface area contributed by atoms with Gasteiger partial charge < -0.3 is 15.2 Å². The molecular weight excluding hydrogens is 330 g/mol. The van der Waals surface area contributed by atoms with Crippen LogP contribution >= 0.6 is 0 Å². The molecule has 26 heavy (non-hydrogen) atoms. The van der Waals surface area contributed by atoms with Crippen LogP contribution in [-0.4, -0.2) is 32.9 Å². The van der Waals surface area contributed by atoms with Crippen LogP contribution in [0.15, 0.2) is 24.5 Å². The molecule has 2 N–H and O–H groups in total. The lowest BCUT2D eigenvalue weighted by Crippen LogP contribution is -2.27. The van der Waals surface area contributed by atoms with Crippen LogP contribution in [0.1, 0.15) is 65.0 Å². The second kappa shape index (κ2) is 8.60. The summed E-state index contributed by atoms with van der Waals surface area (Å²) in [5.41, 5.74) is 2.24. The molecule has 3 heterocycles. The van der Waals surface area contributed by atoms with E-state index in [2.05, 4.69) is 27.5 Å². The zero-order valence-electron chi connectivity index (χ0n) is 15.1. The molecule has 0 atom stereocenters. The van der Waals surface area contributed by atoms with Gasteiger partial charge in [0.15, 0.2) is 5.82 Å². The van der Waals surface area contributed by atoms with E-state index < -0.39 is 0 Å². The summed E-state index contributed by atoms with van der Waals surface area (Å²) in [6.07, 6.45) is 8.12. The minimum Gasteiger partial charge on any atom is -0.351 e. The van der Waals surface area contributed by atoms with Crippen LogP contribution in [-0.2, 0) is 19.5 Å². The lowest BCUT2D eigenvalue weighted by Gasteiger charge is -2.17. The van der Waals surface area contributed by atoms with Crippen molar-refractivity contribution in [2.75, 3.05) is 6.54 Å². The largest absolute Gasteiger partial charge is 0.351 e. The Labute approximate surface area is 153 Å². The molecule has 1 aliphatic rings. The molecule has 3 rings (SSSR count). The lowest BCUT2D eigenvalue weighted by atomic mass is 10.1. The Bertz CT molecular complexity index is 770. The van der Waals surface area contributed by atoms with Gasteiger partial charge in [0, 0.05) is 32.0 Å². The number of hydrogen-bond donors (Lipinski definition) is 2. The van der Waals surface area contributed by atoms with Gasteiger partial charge in [0.25, 0.3) is 11.8 Å². The molecule has 2 aromatic rings. The van der Waals surface area contributed by atoms with Crippen molar-refractivity contribution in [1.82, 2.24) is 25.2 Å². The molecule has 0 saturated heterocycles. The zero-order chi connectivity index (χ0) is 18.4. The summed E-state index contributed by atoms with van der Waals surface area (Å²) in [5, 5.41) is 5.79. The first-order valence-corrected chi connectivity index (χ1v) is 9.25. The van der Waals surface area contributed by atoms with Gasteiger partial charge in [-0.1, -0.05) is 13.3 Å². The first-order chi connectivity index (χ1) is 12.7. The Balaban J connectivity index is 1.76. The second-order valence-electron chi connectivity index (χ2n) is 6.49. The maximum Gasteiger partial charge on any atom is 0.287 e. The van der Waals surface area contributed by atoms with Crippen molar-refractivity contribution in [2.24, 2.45) is 0 Å². The quantitative estimate of drug-likeness (QED) is 0.744. The van der Waals surface area contributed by atoms with E-state index in [1.807, 2.05) is 16.7 Å². The summed E-state index contributed by atoms with van der Waals surface area (Å²) < 4.78 is 1.90. The van der Waals surface area contributed by atoms with Crippen LogP contribution in [0.5, 0.6) is 0 Å². The standard InChI is InChI=1S/C19H25N5O2/c1-2-3-9-21-18(25)16-15-6-4-5-12-24(15)17(23-16)19(26)22-13-14-7-10-20-11-8-14/h7-8,10-11H,2-6,9,12-13H2,1H3,(H,21,25)(H,22,26). The number of imidazole rings is 1. The molecule has 0 aromatic carbocycles. The van der Waals surface area contributed by atoms with E-state index in [4.69, 9.17) is 0 Å². The molecule has 2 aromatic heterocycles. The van der Waals surface area contributed by atoms with E-state index in [0.717, 1.165) is 49.9 Å². The fraction of sp³-hybridized carbons (Fsp3) is 0.474. The van der Waals surface area contributed by atoms with Crippen LogP contribution in [0.2, 0.25) is 0 Å². The van der Waals surface area contributed by atoms with Gasteiger partial charge in [-0.25, -0.2) is 4.98 Å². The molecule has 0 unspecified atom stereocenters. The van der Waals surface area contributed by atoms with Gasteiger partial charge >= 0.3 is 0 Å². The highest BCUT2D eigenvalue weighted by atomic mass is 16.2. The van der Waals surface area contributed by atoms with Gasteiger partial charge in [0.05, 0.1) is 5.69 Å². The van der Waals surface area contributed by atoms with E-state index in [0.29, 0.717) is 24.6 Å². The maximum absolute atomic E-state index is 12.6. The number of aromatic nitrogens is 3. The molecule has 0 spiro atoms. The fourth-order valence-electron chi connectivity index (χ4n) is 3.12. The predicted octanol–water partition coefficient (Wildman–Crippen LogP) is 2.07. The molecule has 0 bridgehead atoms. The number of rotatable bonds is 7. The van der Waals surface area contributed by atoms with Gasteiger partial charge in [0.1, 0.15) is 5.69 Å². The van der Waals surface area contributed by atoms with Gasteiger partial charge in [-0.15, -0.1) is 0 Å². The highest BCUT2D eigenvalue weighted by Gasteiger charge is 2.27. The Hall–Kier alpha value is -2.70. The Morgan fingerprint density at radius 1 is 1.15 bits per heavy atom. The molecule has 2 amide bonds. The molecular formula is C19H25N5O2. The molecule has 138 valence electrons.